The summed E-state index contributed by atoms with van der Waals surface area (Å²) >= 11 is 3.20. The van der Waals surface area contributed by atoms with Crippen molar-refractivity contribution in [2.45, 2.75) is 13.0 Å². The van der Waals surface area contributed by atoms with Gasteiger partial charge in [0.25, 0.3) is 0 Å². The Balaban J connectivity index is 1.88. The number of fused-ring (bicyclic) bond motifs is 1. The molecule has 2 aromatic rings. The number of hydrogen-bond acceptors (Lipinski definition) is 3. The van der Waals surface area contributed by atoms with Crippen molar-refractivity contribution in [3.05, 3.63) is 52.3 Å². The third-order valence-electron chi connectivity index (χ3n) is 3.09. The summed E-state index contributed by atoms with van der Waals surface area (Å²) in [5, 5.41) is 3.32. The topological polar surface area (TPSA) is 36.8 Å². The van der Waals surface area contributed by atoms with E-state index < -0.39 is 0 Å². The van der Waals surface area contributed by atoms with E-state index >= 15 is 0 Å². The van der Waals surface area contributed by atoms with Gasteiger partial charge in [0, 0.05) is 0 Å². The second kappa shape index (κ2) is 5.64. The van der Waals surface area contributed by atoms with Crippen molar-refractivity contribution < 1.29 is 4.39 Å². The zero-order valence-corrected chi connectivity index (χ0v) is 13.9. The Morgan fingerprint density at radius 3 is 2.90 bits per heavy atom. The summed E-state index contributed by atoms with van der Waals surface area (Å²) in [7, 11) is 0. The fourth-order valence-corrected chi connectivity index (χ4v) is 3.57. The Morgan fingerprint density at radius 2 is 2.10 bits per heavy atom. The summed E-state index contributed by atoms with van der Waals surface area (Å²) in [5.74, 6) is -0.224. The SMILES string of the molecule is CC(Nc1cccc2c1N=[Se]=N2)c1ccc(Br)cc1F. The van der Waals surface area contributed by atoms with Crippen molar-refractivity contribution in [1.29, 1.82) is 0 Å². The van der Waals surface area contributed by atoms with Gasteiger partial charge in [-0.1, -0.05) is 0 Å². The van der Waals surface area contributed by atoms with Crippen LogP contribution in [0.2, 0.25) is 0 Å². The van der Waals surface area contributed by atoms with Gasteiger partial charge in [0.15, 0.2) is 0 Å². The van der Waals surface area contributed by atoms with Crippen LogP contribution in [0.5, 0.6) is 0 Å². The van der Waals surface area contributed by atoms with Gasteiger partial charge in [-0.2, -0.15) is 0 Å². The minimum absolute atomic E-state index is 0.0633. The molecule has 0 bridgehead atoms. The monoisotopic (exact) mass is 399 g/mol. The summed E-state index contributed by atoms with van der Waals surface area (Å²) in [6, 6.07) is 10.8. The van der Waals surface area contributed by atoms with Crippen molar-refractivity contribution in [2.24, 2.45) is 7.92 Å². The molecule has 0 amide bonds. The van der Waals surface area contributed by atoms with E-state index in [1.54, 1.807) is 6.07 Å². The molecular formula is C14H11BrFN3Se. The number of anilines is 1. The van der Waals surface area contributed by atoms with Gasteiger partial charge in [-0.15, -0.1) is 0 Å². The van der Waals surface area contributed by atoms with E-state index in [4.69, 9.17) is 0 Å². The summed E-state index contributed by atoms with van der Waals surface area (Å²) < 4.78 is 23.5. The Hall–Kier alpha value is -1.23. The average Bonchev–Trinajstić information content (AvgIpc) is 2.87. The van der Waals surface area contributed by atoms with Crippen LogP contribution in [0.1, 0.15) is 18.5 Å². The molecule has 2 aromatic carbocycles. The second-order valence-corrected chi connectivity index (χ2v) is 6.49. The normalized spacial score (nSPS) is 13.8. The van der Waals surface area contributed by atoms with Gasteiger partial charge in [0.2, 0.25) is 0 Å². The molecule has 1 heterocycles. The Morgan fingerprint density at radius 1 is 1.25 bits per heavy atom. The van der Waals surface area contributed by atoms with E-state index in [-0.39, 0.29) is 26.4 Å². The van der Waals surface area contributed by atoms with E-state index in [1.165, 1.54) is 6.07 Å². The third kappa shape index (κ3) is 2.64. The van der Waals surface area contributed by atoms with Crippen molar-refractivity contribution in [3.63, 3.8) is 0 Å². The van der Waals surface area contributed by atoms with Crippen LogP contribution in [0, 0.1) is 5.82 Å². The van der Waals surface area contributed by atoms with E-state index in [0.29, 0.717) is 5.56 Å². The molecular weight excluding hydrogens is 388 g/mol. The first-order valence-electron chi connectivity index (χ1n) is 6.08. The second-order valence-electron chi connectivity index (χ2n) is 4.47. The molecule has 3 rings (SSSR count). The number of nitrogens with zero attached hydrogens (tertiary/aromatic N) is 2. The predicted molar refractivity (Wildman–Crippen MR) is 82.5 cm³/mol. The van der Waals surface area contributed by atoms with Gasteiger partial charge in [-0.25, -0.2) is 0 Å². The number of rotatable bonds is 3. The van der Waals surface area contributed by atoms with Crippen LogP contribution in [0.25, 0.3) is 0 Å². The molecule has 1 atom stereocenters. The Kier molecular flexibility index (Phi) is 3.87. The first kappa shape index (κ1) is 13.7. The van der Waals surface area contributed by atoms with Gasteiger partial charge >= 0.3 is 130 Å². The van der Waals surface area contributed by atoms with E-state index in [0.717, 1.165) is 21.5 Å². The van der Waals surface area contributed by atoms with Crippen LogP contribution in [-0.2, 0) is 0 Å². The average molecular weight is 399 g/mol. The van der Waals surface area contributed by atoms with E-state index in [9.17, 15) is 4.39 Å². The van der Waals surface area contributed by atoms with Crippen LogP contribution in [0.3, 0.4) is 0 Å². The summed E-state index contributed by atoms with van der Waals surface area (Å²) in [5.41, 5.74) is 3.34. The molecule has 1 aliphatic heterocycles. The third-order valence-corrected chi connectivity index (χ3v) is 4.72. The maximum absolute atomic E-state index is 14.0. The predicted octanol–water partition coefficient (Wildman–Crippen LogP) is 5.11. The van der Waals surface area contributed by atoms with Crippen molar-refractivity contribution in [1.82, 2.24) is 0 Å². The molecule has 102 valence electrons. The van der Waals surface area contributed by atoms with Gasteiger partial charge in [0.05, 0.1) is 0 Å². The van der Waals surface area contributed by atoms with Crippen LogP contribution in [-0.4, -0.2) is 14.6 Å². The standard InChI is InChI=1S/C14H11BrFN3Se/c1-8(10-6-5-9(15)7-11(10)16)17-12-3-2-4-13-14(12)19-20-18-13/h2-8,17H,1H3. The number of halogens is 2. The summed E-state index contributed by atoms with van der Waals surface area (Å²) in [6.45, 7) is 1.93. The van der Waals surface area contributed by atoms with Crippen LogP contribution < -0.4 is 5.32 Å². The number of hydrogen-bond donors (Lipinski definition) is 1. The zero-order valence-electron chi connectivity index (χ0n) is 10.6. The molecule has 0 aromatic heterocycles. The zero-order chi connectivity index (χ0) is 14.1. The molecule has 0 saturated heterocycles. The van der Waals surface area contributed by atoms with Crippen LogP contribution in [0.15, 0.2) is 48.8 Å². The quantitative estimate of drug-likeness (QED) is 0.611. The Labute approximate surface area is 130 Å². The molecule has 1 unspecified atom stereocenters. The first-order chi connectivity index (χ1) is 9.65. The van der Waals surface area contributed by atoms with Gasteiger partial charge < -0.3 is 0 Å². The van der Waals surface area contributed by atoms with Crippen molar-refractivity contribution >= 4 is 47.6 Å². The van der Waals surface area contributed by atoms with Gasteiger partial charge in [-0.05, 0) is 0 Å². The van der Waals surface area contributed by atoms with Crippen LogP contribution in [0.4, 0.5) is 21.5 Å². The molecule has 0 radical (unpaired) electrons. The van der Waals surface area contributed by atoms with Gasteiger partial charge in [-0.3, -0.25) is 0 Å². The minimum atomic E-state index is -0.224. The number of nitrogens with one attached hydrogen (secondary N) is 1. The molecule has 1 N–H and O–H groups in total. The first-order valence-corrected chi connectivity index (χ1v) is 8.40. The fourth-order valence-electron chi connectivity index (χ4n) is 2.09. The number of benzene rings is 2. The summed E-state index contributed by atoms with van der Waals surface area (Å²) in [4.78, 5) is 0. The summed E-state index contributed by atoms with van der Waals surface area (Å²) in [6.07, 6.45) is 0. The molecule has 0 spiro atoms. The van der Waals surface area contributed by atoms with Gasteiger partial charge in [0.1, 0.15) is 0 Å². The Bertz CT molecular complexity index is 741. The molecule has 3 nitrogen and oxygen atoms in total. The fraction of sp³-hybridized carbons (Fsp3) is 0.143. The molecule has 0 aliphatic carbocycles. The molecule has 6 heteroatoms. The maximum atomic E-state index is 14.0. The van der Waals surface area contributed by atoms with Crippen molar-refractivity contribution in [2.75, 3.05) is 5.32 Å². The van der Waals surface area contributed by atoms with E-state index in [2.05, 4.69) is 29.2 Å². The van der Waals surface area contributed by atoms with E-state index in [1.807, 2.05) is 31.2 Å². The van der Waals surface area contributed by atoms with Crippen molar-refractivity contribution in [3.8, 4) is 0 Å². The molecule has 1 aliphatic rings. The molecule has 0 fully saturated rings. The van der Waals surface area contributed by atoms with Crippen LogP contribution >= 0.6 is 15.9 Å². The molecule has 20 heavy (non-hydrogen) atoms. The molecule has 0 saturated carbocycles.